The van der Waals surface area contributed by atoms with Gasteiger partial charge in [-0.05, 0) is 18.9 Å². The minimum Gasteiger partial charge on any atom is -0.464 e. The monoisotopic (exact) mass is 262 g/mol. The molecule has 0 amide bonds. The van der Waals surface area contributed by atoms with Crippen molar-refractivity contribution in [1.29, 1.82) is 0 Å². The van der Waals surface area contributed by atoms with Crippen molar-refractivity contribution in [2.45, 2.75) is 51.2 Å². The third-order valence-corrected chi connectivity index (χ3v) is 3.61. The van der Waals surface area contributed by atoms with Gasteiger partial charge in [0, 0.05) is 0 Å². The molecule has 1 saturated heterocycles. The maximum absolute atomic E-state index is 11.9. The molecule has 1 aromatic rings. The van der Waals surface area contributed by atoms with Gasteiger partial charge < -0.3 is 9.47 Å². The number of carbonyl (C=O) groups excluding carboxylic acids is 1. The van der Waals surface area contributed by atoms with E-state index in [-0.39, 0.29) is 5.97 Å². The molecule has 0 N–H and O–H groups in total. The third kappa shape index (κ3) is 3.35. The summed E-state index contributed by atoms with van der Waals surface area (Å²) in [5, 5.41) is 0. The highest BCUT2D eigenvalue weighted by molar-refractivity contribution is 5.79. The summed E-state index contributed by atoms with van der Waals surface area (Å²) in [5.41, 5.74) is 0.532. The van der Waals surface area contributed by atoms with Crippen molar-refractivity contribution >= 4 is 5.97 Å². The Morgan fingerprint density at radius 2 is 2.00 bits per heavy atom. The second-order valence-corrected chi connectivity index (χ2v) is 5.20. The topological polar surface area (TPSA) is 38.8 Å². The Balaban J connectivity index is 1.77. The summed E-state index contributed by atoms with van der Waals surface area (Å²) in [5.74, 6) is -0.233. The molecule has 0 radical (unpaired) electrons. The predicted octanol–water partition coefficient (Wildman–Crippen LogP) is 3.42. The molecule has 3 nitrogen and oxygen atoms in total. The molecule has 0 aliphatic carbocycles. The summed E-state index contributed by atoms with van der Waals surface area (Å²) in [6.07, 6.45) is 3.99. The van der Waals surface area contributed by atoms with Crippen molar-refractivity contribution in [1.82, 2.24) is 0 Å². The molecule has 0 spiro atoms. The van der Waals surface area contributed by atoms with Crippen molar-refractivity contribution in [3.63, 3.8) is 0 Å². The van der Waals surface area contributed by atoms with Crippen molar-refractivity contribution in [3.8, 4) is 0 Å². The Morgan fingerprint density at radius 3 is 2.68 bits per heavy atom. The van der Waals surface area contributed by atoms with Gasteiger partial charge in [-0.1, -0.05) is 56.5 Å². The molecular formula is C16H22O3. The van der Waals surface area contributed by atoms with Gasteiger partial charge in [0.15, 0.2) is 6.10 Å². The molecule has 1 heterocycles. The molecule has 1 aromatic carbocycles. The highest BCUT2D eigenvalue weighted by Crippen LogP contribution is 2.46. The smallest absolute Gasteiger partial charge is 0.338 e. The van der Waals surface area contributed by atoms with Gasteiger partial charge in [-0.15, -0.1) is 0 Å². The largest absolute Gasteiger partial charge is 0.464 e. The number of hydrogen-bond acceptors (Lipinski definition) is 3. The van der Waals surface area contributed by atoms with Crippen molar-refractivity contribution in [3.05, 3.63) is 35.9 Å². The van der Waals surface area contributed by atoms with Crippen LogP contribution in [0.5, 0.6) is 0 Å². The van der Waals surface area contributed by atoms with Gasteiger partial charge in [-0.2, -0.15) is 0 Å². The Labute approximate surface area is 114 Å². The molecule has 19 heavy (non-hydrogen) atoms. The molecule has 0 saturated carbocycles. The van der Waals surface area contributed by atoms with Crippen LogP contribution in [0.15, 0.2) is 30.3 Å². The fraction of sp³-hybridized carbons (Fsp3) is 0.562. The number of epoxide rings is 1. The van der Waals surface area contributed by atoms with E-state index >= 15 is 0 Å². The van der Waals surface area contributed by atoms with Gasteiger partial charge >= 0.3 is 5.97 Å². The maximum atomic E-state index is 11.9. The van der Waals surface area contributed by atoms with Gasteiger partial charge in [-0.25, -0.2) is 4.79 Å². The summed E-state index contributed by atoms with van der Waals surface area (Å²) in [6.45, 7) is 4.60. The summed E-state index contributed by atoms with van der Waals surface area (Å²) < 4.78 is 10.8. The Morgan fingerprint density at radius 1 is 1.26 bits per heavy atom. The molecule has 2 rings (SSSR count). The first-order valence-electron chi connectivity index (χ1n) is 7.08. The van der Waals surface area contributed by atoms with E-state index in [1.54, 1.807) is 0 Å². The number of unbranched alkanes of at least 4 members (excludes halogenated alkanes) is 3. The number of hydrogen-bond donors (Lipinski definition) is 0. The van der Waals surface area contributed by atoms with E-state index in [1.165, 1.54) is 12.8 Å². The van der Waals surface area contributed by atoms with Crippen molar-refractivity contribution in [2.75, 3.05) is 6.61 Å². The van der Waals surface area contributed by atoms with Crippen LogP contribution in [0.1, 0.15) is 45.1 Å². The lowest BCUT2D eigenvalue weighted by Gasteiger charge is -2.06. The maximum Gasteiger partial charge on any atom is 0.338 e. The highest BCUT2D eigenvalue weighted by atomic mass is 16.7. The van der Waals surface area contributed by atoms with Crippen LogP contribution in [-0.4, -0.2) is 18.7 Å². The average Bonchev–Trinajstić information content (AvgIpc) is 3.13. The number of esters is 1. The van der Waals surface area contributed by atoms with Crippen LogP contribution in [0, 0.1) is 0 Å². The lowest BCUT2D eigenvalue weighted by Crippen LogP contribution is -2.19. The van der Waals surface area contributed by atoms with Crippen LogP contribution in [0.25, 0.3) is 0 Å². The second kappa shape index (κ2) is 6.20. The standard InChI is InChI=1S/C16H22O3/c1-3-4-5-9-12-18-15(17)14-16(2,19-14)13-10-7-6-8-11-13/h6-8,10-11,14H,3-5,9,12H2,1-2H3/t14-,16+/m1/s1. The summed E-state index contributed by atoms with van der Waals surface area (Å²) in [7, 11) is 0. The van der Waals surface area contributed by atoms with Gasteiger partial charge in [0.2, 0.25) is 0 Å². The van der Waals surface area contributed by atoms with E-state index in [4.69, 9.17) is 9.47 Å². The molecule has 1 aliphatic rings. The zero-order valence-corrected chi connectivity index (χ0v) is 11.7. The van der Waals surface area contributed by atoms with Crippen molar-refractivity contribution < 1.29 is 14.3 Å². The zero-order chi connectivity index (χ0) is 13.7. The quantitative estimate of drug-likeness (QED) is 0.429. The third-order valence-electron chi connectivity index (χ3n) is 3.61. The zero-order valence-electron chi connectivity index (χ0n) is 11.7. The molecular weight excluding hydrogens is 240 g/mol. The molecule has 0 unspecified atom stereocenters. The second-order valence-electron chi connectivity index (χ2n) is 5.20. The molecule has 3 heteroatoms. The molecule has 1 fully saturated rings. The van der Waals surface area contributed by atoms with Crippen LogP contribution >= 0.6 is 0 Å². The minimum absolute atomic E-state index is 0.233. The van der Waals surface area contributed by atoms with Crippen LogP contribution in [-0.2, 0) is 19.9 Å². The number of benzene rings is 1. The molecule has 104 valence electrons. The van der Waals surface area contributed by atoms with Gasteiger partial charge in [0.05, 0.1) is 6.61 Å². The van der Waals surface area contributed by atoms with Crippen molar-refractivity contribution in [2.24, 2.45) is 0 Å². The number of rotatable bonds is 7. The van der Waals surface area contributed by atoms with E-state index in [0.717, 1.165) is 18.4 Å². The fourth-order valence-electron chi connectivity index (χ4n) is 2.25. The van der Waals surface area contributed by atoms with Crippen LogP contribution in [0.4, 0.5) is 0 Å². The molecule has 0 bridgehead atoms. The SMILES string of the molecule is CCCCCCOC(=O)[C@H]1O[C@@]1(C)c1ccccc1. The number of ether oxygens (including phenoxy) is 2. The van der Waals surface area contributed by atoms with E-state index in [1.807, 2.05) is 37.3 Å². The number of carbonyl (C=O) groups is 1. The van der Waals surface area contributed by atoms with Gasteiger partial charge in [0.25, 0.3) is 0 Å². The Bertz CT molecular complexity index is 415. The van der Waals surface area contributed by atoms with Crippen LogP contribution < -0.4 is 0 Å². The van der Waals surface area contributed by atoms with E-state index in [0.29, 0.717) is 6.61 Å². The van der Waals surface area contributed by atoms with Crippen LogP contribution in [0.2, 0.25) is 0 Å². The Hall–Kier alpha value is -1.35. The normalized spacial score (nSPS) is 25.1. The summed E-state index contributed by atoms with van der Waals surface area (Å²) >= 11 is 0. The van der Waals surface area contributed by atoms with E-state index < -0.39 is 11.7 Å². The van der Waals surface area contributed by atoms with Gasteiger partial charge in [0.1, 0.15) is 5.60 Å². The fourth-order valence-corrected chi connectivity index (χ4v) is 2.25. The molecule has 2 atom stereocenters. The first-order chi connectivity index (χ1) is 9.18. The van der Waals surface area contributed by atoms with Crippen LogP contribution in [0.3, 0.4) is 0 Å². The van der Waals surface area contributed by atoms with E-state index in [2.05, 4.69) is 6.92 Å². The predicted molar refractivity (Wildman–Crippen MR) is 73.8 cm³/mol. The van der Waals surface area contributed by atoms with E-state index in [9.17, 15) is 4.79 Å². The first kappa shape index (κ1) is 14.1. The Kier molecular flexibility index (Phi) is 4.59. The minimum atomic E-state index is -0.498. The lowest BCUT2D eigenvalue weighted by atomic mass is 9.97. The molecule has 1 aliphatic heterocycles. The first-order valence-corrected chi connectivity index (χ1v) is 7.08. The molecule has 0 aromatic heterocycles. The summed E-state index contributed by atoms with van der Waals surface area (Å²) in [6, 6.07) is 9.82. The van der Waals surface area contributed by atoms with Gasteiger partial charge in [-0.3, -0.25) is 0 Å². The average molecular weight is 262 g/mol. The highest BCUT2D eigenvalue weighted by Gasteiger charge is 2.59. The summed E-state index contributed by atoms with van der Waals surface area (Å²) in [4.78, 5) is 11.9. The lowest BCUT2D eigenvalue weighted by molar-refractivity contribution is -0.145.